The first-order valence-corrected chi connectivity index (χ1v) is 15.8. The lowest BCUT2D eigenvalue weighted by atomic mass is 9.52. The van der Waals surface area contributed by atoms with Crippen LogP contribution in [0.5, 0.6) is 0 Å². The Morgan fingerprint density at radius 3 is 2.32 bits per heavy atom. The maximum absolute atomic E-state index is 11.6. The number of fused-ring (bicyclic) bond motifs is 3. The number of aldehydes is 1. The quantitative estimate of drug-likeness (QED) is 0.211. The summed E-state index contributed by atoms with van der Waals surface area (Å²) in [7, 11) is 0. The summed E-state index contributed by atoms with van der Waals surface area (Å²) in [6, 6.07) is 17.5. The summed E-state index contributed by atoms with van der Waals surface area (Å²) in [6.45, 7) is 15.4. The SMILES string of the molecule is C=O.CC.CCCC1=C2C(c3ccc(C#Cc4cccc(C)c4)cc3)CC3(C)C(CC)CCC3C2CC/C1=C/C=O. The van der Waals surface area contributed by atoms with E-state index in [9.17, 15) is 4.79 Å². The number of hydrogen-bond acceptors (Lipinski definition) is 2. The zero-order chi connectivity index (χ0) is 30.0. The highest BCUT2D eigenvalue weighted by molar-refractivity contribution is 5.69. The summed E-state index contributed by atoms with van der Waals surface area (Å²) < 4.78 is 0. The molecule has 3 aliphatic carbocycles. The Kier molecular flexibility index (Phi) is 12.0. The van der Waals surface area contributed by atoms with E-state index in [0.717, 1.165) is 48.5 Å². The fraction of sp³-hybridized carbons (Fsp3) is 0.487. The first-order valence-electron chi connectivity index (χ1n) is 15.8. The van der Waals surface area contributed by atoms with E-state index in [1.807, 2.05) is 26.7 Å². The largest absolute Gasteiger partial charge is 0.307 e. The van der Waals surface area contributed by atoms with Crippen molar-refractivity contribution in [2.45, 2.75) is 98.8 Å². The summed E-state index contributed by atoms with van der Waals surface area (Å²) >= 11 is 0. The second kappa shape index (κ2) is 15.2. The van der Waals surface area contributed by atoms with Crippen molar-refractivity contribution in [1.82, 2.24) is 0 Å². The molecule has 5 atom stereocenters. The van der Waals surface area contributed by atoms with Gasteiger partial charge in [-0.3, -0.25) is 4.79 Å². The lowest BCUT2D eigenvalue weighted by molar-refractivity contribution is -0.104. The molecule has 3 aliphatic rings. The molecule has 0 heterocycles. The number of allylic oxidation sites excluding steroid dienone is 4. The lowest BCUT2D eigenvalue weighted by Crippen LogP contribution is -2.43. The van der Waals surface area contributed by atoms with Gasteiger partial charge in [0.25, 0.3) is 0 Å². The van der Waals surface area contributed by atoms with E-state index in [0.29, 0.717) is 17.3 Å². The van der Waals surface area contributed by atoms with Gasteiger partial charge in [0.2, 0.25) is 0 Å². The van der Waals surface area contributed by atoms with Gasteiger partial charge in [-0.25, -0.2) is 0 Å². The van der Waals surface area contributed by atoms with E-state index in [1.54, 1.807) is 5.57 Å². The van der Waals surface area contributed by atoms with Crippen molar-refractivity contribution in [3.05, 3.63) is 93.6 Å². The number of benzene rings is 2. The van der Waals surface area contributed by atoms with Crippen molar-refractivity contribution in [3.8, 4) is 11.8 Å². The second-order valence-electron chi connectivity index (χ2n) is 12.0. The summed E-state index contributed by atoms with van der Waals surface area (Å²) in [5.74, 6) is 9.42. The summed E-state index contributed by atoms with van der Waals surface area (Å²) in [6.07, 6.45) is 12.6. The average molecular weight is 551 g/mol. The number of aryl methyl sites for hydroxylation is 1. The average Bonchev–Trinajstić information content (AvgIpc) is 3.35. The molecule has 41 heavy (non-hydrogen) atoms. The molecule has 2 fully saturated rings. The fourth-order valence-electron chi connectivity index (χ4n) is 8.24. The molecule has 2 heteroatoms. The molecule has 0 spiro atoms. The van der Waals surface area contributed by atoms with Crippen LogP contribution in [0.25, 0.3) is 0 Å². The van der Waals surface area contributed by atoms with Gasteiger partial charge in [-0.2, -0.15) is 0 Å². The molecule has 0 bridgehead atoms. The van der Waals surface area contributed by atoms with E-state index in [-0.39, 0.29) is 0 Å². The molecule has 0 radical (unpaired) electrons. The topological polar surface area (TPSA) is 34.1 Å². The van der Waals surface area contributed by atoms with Crippen LogP contribution in [0.4, 0.5) is 0 Å². The summed E-state index contributed by atoms with van der Waals surface area (Å²) in [5, 5.41) is 0. The molecule has 2 aromatic carbocycles. The Morgan fingerprint density at radius 2 is 1.68 bits per heavy atom. The van der Waals surface area contributed by atoms with Crippen LogP contribution in [0.1, 0.15) is 114 Å². The van der Waals surface area contributed by atoms with Gasteiger partial charge in [-0.05, 0) is 121 Å². The Labute approximate surface area is 249 Å². The maximum Gasteiger partial charge on any atom is 0.143 e. The third kappa shape index (κ3) is 6.83. The first-order chi connectivity index (χ1) is 20.0. The van der Waals surface area contributed by atoms with Gasteiger partial charge >= 0.3 is 0 Å². The van der Waals surface area contributed by atoms with Crippen LogP contribution < -0.4 is 0 Å². The van der Waals surface area contributed by atoms with E-state index < -0.39 is 0 Å². The molecule has 5 rings (SSSR count). The van der Waals surface area contributed by atoms with Crippen LogP contribution in [0, 0.1) is 41.9 Å². The predicted octanol–water partition coefficient (Wildman–Crippen LogP) is 9.80. The minimum Gasteiger partial charge on any atom is -0.307 e. The number of rotatable bonds is 5. The Morgan fingerprint density at radius 1 is 0.976 bits per heavy atom. The van der Waals surface area contributed by atoms with Crippen LogP contribution >= 0.6 is 0 Å². The van der Waals surface area contributed by atoms with Gasteiger partial charge in [0.15, 0.2) is 0 Å². The Balaban J connectivity index is 0.00000111. The van der Waals surface area contributed by atoms with E-state index in [1.165, 1.54) is 54.4 Å². The van der Waals surface area contributed by atoms with Crippen molar-refractivity contribution in [3.63, 3.8) is 0 Å². The van der Waals surface area contributed by atoms with Gasteiger partial charge in [0, 0.05) is 17.0 Å². The zero-order valence-electron chi connectivity index (χ0n) is 26.3. The zero-order valence-corrected chi connectivity index (χ0v) is 26.3. The van der Waals surface area contributed by atoms with Gasteiger partial charge in [0.05, 0.1) is 0 Å². The van der Waals surface area contributed by atoms with Gasteiger partial charge in [-0.1, -0.05) is 89.1 Å². The molecule has 2 nitrogen and oxygen atoms in total. The Bertz CT molecular complexity index is 1280. The van der Waals surface area contributed by atoms with Crippen molar-refractivity contribution in [2.75, 3.05) is 0 Å². The fourth-order valence-corrected chi connectivity index (χ4v) is 8.24. The normalized spacial score (nSPS) is 27.2. The van der Waals surface area contributed by atoms with Crippen molar-refractivity contribution < 1.29 is 9.59 Å². The maximum atomic E-state index is 11.6. The molecule has 0 saturated heterocycles. The Hall–Kier alpha value is -3.18. The third-order valence-corrected chi connectivity index (χ3v) is 9.92. The molecule has 218 valence electrons. The van der Waals surface area contributed by atoms with E-state index >= 15 is 0 Å². The van der Waals surface area contributed by atoms with Crippen LogP contribution in [0.2, 0.25) is 0 Å². The minimum absolute atomic E-state index is 0.403. The number of carbonyl (C=O) groups excluding carboxylic acids is 2. The number of carbonyl (C=O) groups is 2. The van der Waals surface area contributed by atoms with E-state index in [4.69, 9.17) is 4.79 Å². The second-order valence-corrected chi connectivity index (χ2v) is 12.0. The molecule has 5 unspecified atom stereocenters. The van der Waals surface area contributed by atoms with Gasteiger partial charge in [0.1, 0.15) is 13.1 Å². The van der Waals surface area contributed by atoms with Crippen LogP contribution in [-0.2, 0) is 9.59 Å². The van der Waals surface area contributed by atoms with E-state index in [2.05, 4.69) is 88.1 Å². The summed E-state index contributed by atoms with van der Waals surface area (Å²) in [5.41, 5.74) is 9.72. The smallest absolute Gasteiger partial charge is 0.143 e. The molecule has 0 aromatic heterocycles. The van der Waals surface area contributed by atoms with Gasteiger partial charge in [-0.15, -0.1) is 0 Å². The standard InChI is InChI=1S/C36H42O.C2H6.CH2O/c1-5-8-31-29(21-22-37)17-19-32-34-20-18-30(6-2)36(34,4)24-33(35(31)32)28-15-13-26(14-16-28)11-12-27-10-7-9-25(3)23-27;2*1-2/h7,9-10,13-16,21-23,30,32-34H,5-6,8,17-20,24H2,1-4H3;1-2H3;1H2/b29-21-;;. The number of hydrogen-bond donors (Lipinski definition) is 0. The molecule has 2 aromatic rings. The highest BCUT2D eigenvalue weighted by Crippen LogP contribution is 2.65. The van der Waals surface area contributed by atoms with Crippen molar-refractivity contribution in [2.24, 2.45) is 23.2 Å². The monoisotopic (exact) mass is 550 g/mol. The predicted molar refractivity (Wildman–Crippen MR) is 173 cm³/mol. The molecular weight excluding hydrogens is 500 g/mol. The molecular formula is C39H50O2. The van der Waals surface area contributed by atoms with Crippen LogP contribution in [0.15, 0.2) is 71.3 Å². The molecule has 0 aliphatic heterocycles. The van der Waals surface area contributed by atoms with Crippen LogP contribution in [-0.4, -0.2) is 13.1 Å². The minimum atomic E-state index is 0.403. The highest BCUT2D eigenvalue weighted by Gasteiger charge is 2.55. The van der Waals surface area contributed by atoms with Gasteiger partial charge < -0.3 is 4.79 Å². The molecule has 0 amide bonds. The third-order valence-electron chi connectivity index (χ3n) is 9.92. The van der Waals surface area contributed by atoms with Crippen molar-refractivity contribution in [1.29, 1.82) is 0 Å². The summed E-state index contributed by atoms with van der Waals surface area (Å²) in [4.78, 5) is 19.6. The molecule has 0 N–H and O–H groups in total. The lowest BCUT2D eigenvalue weighted by Gasteiger charge is -2.52. The highest BCUT2D eigenvalue weighted by atomic mass is 16.1. The van der Waals surface area contributed by atoms with Crippen molar-refractivity contribution >= 4 is 13.1 Å². The first kappa shape index (κ1) is 32.3. The van der Waals surface area contributed by atoms with Crippen LogP contribution in [0.3, 0.4) is 0 Å². The molecule has 2 saturated carbocycles.